The molecule has 1 aliphatic rings. The molecule has 0 saturated heterocycles. The quantitative estimate of drug-likeness (QED) is 0.242. The molecule has 2 aromatic heterocycles. The molecule has 3 N–H and O–H groups in total. The molecule has 2 heterocycles. The molecule has 5 nitrogen and oxygen atoms in total. The molecule has 1 aliphatic carbocycles. The standard InChI is InChI=1S/C32H38N4O/c1-31(25-12-4-2-5-13-25,27-22-35-28-15-7-6-14-26(27)28)23-33-21-17-30(37)36-24-32(18-9-3-10-19-32)29-16-8-11-20-34-29/h2,4-8,11-16,20,22,33,35H,3,9-10,17-19,21,23-24H2,1H3,(H,36,37). The Balaban J connectivity index is 1.22. The Kier molecular flexibility index (Phi) is 7.71. The predicted octanol–water partition coefficient (Wildman–Crippen LogP) is 5.87. The van der Waals surface area contributed by atoms with Gasteiger partial charge in [0.1, 0.15) is 0 Å². The van der Waals surface area contributed by atoms with E-state index in [1.165, 1.54) is 35.8 Å². The number of hydrogen-bond donors (Lipinski definition) is 3. The number of hydrogen-bond acceptors (Lipinski definition) is 3. The maximum absolute atomic E-state index is 12.9. The molecule has 0 bridgehead atoms. The molecule has 5 heteroatoms. The summed E-state index contributed by atoms with van der Waals surface area (Å²) >= 11 is 0. The van der Waals surface area contributed by atoms with E-state index in [0.29, 0.717) is 19.5 Å². The average molecular weight is 495 g/mol. The highest BCUT2D eigenvalue weighted by atomic mass is 16.1. The van der Waals surface area contributed by atoms with Crippen LogP contribution in [0.2, 0.25) is 0 Å². The fourth-order valence-electron chi connectivity index (χ4n) is 6.01. The van der Waals surface area contributed by atoms with E-state index in [1.807, 2.05) is 12.3 Å². The van der Waals surface area contributed by atoms with Gasteiger partial charge in [0.2, 0.25) is 5.91 Å². The van der Waals surface area contributed by atoms with Crippen LogP contribution in [0.25, 0.3) is 10.9 Å². The van der Waals surface area contributed by atoms with Crippen LogP contribution >= 0.6 is 0 Å². The molecule has 1 fully saturated rings. The molecule has 37 heavy (non-hydrogen) atoms. The first-order valence-corrected chi connectivity index (χ1v) is 13.6. The first kappa shape index (κ1) is 25.2. The number of nitrogens with zero attached hydrogens (tertiary/aromatic N) is 1. The van der Waals surface area contributed by atoms with Crippen molar-refractivity contribution in [3.63, 3.8) is 0 Å². The van der Waals surface area contributed by atoms with Gasteiger partial charge in [0, 0.05) is 65.9 Å². The van der Waals surface area contributed by atoms with E-state index in [2.05, 4.69) is 100 Å². The summed E-state index contributed by atoms with van der Waals surface area (Å²) in [5.74, 6) is 0.0990. The number of para-hydroxylation sites is 1. The van der Waals surface area contributed by atoms with E-state index in [4.69, 9.17) is 0 Å². The number of nitrogens with one attached hydrogen (secondary N) is 3. The van der Waals surface area contributed by atoms with Gasteiger partial charge < -0.3 is 15.6 Å². The van der Waals surface area contributed by atoms with E-state index in [9.17, 15) is 4.79 Å². The zero-order chi connectivity index (χ0) is 25.6. The third-order valence-electron chi connectivity index (χ3n) is 8.24. The van der Waals surface area contributed by atoms with Gasteiger partial charge in [-0.25, -0.2) is 0 Å². The lowest BCUT2D eigenvalue weighted by molar-refractivity contribution is -0.121. The molecular formula is C32H38N4O. The lowest BCUT2D eigenvalue weighted by Crippen LogP contribution is -2.43. The largest absolute Gasteiger partial charge is 0.361 e. The fourth-order valence-corrected chi connectivity index (χ4v) is 6.01. The first-order valence-electron chi connectivity index (χ1n) is 13.6. The summed E-state index contributed by atoms with van der Waals surface area (Å²) in [4.78, 5) is 21.0. The second kappa shape index (κ2) is 11.3. The van der Waals surface area contributed by atoms with Gasteiger partial charge in [0.05, 0.1) is 0 Å². The van der Waals surface area contributed by atoms with Crippen LogP contribution in [0, 0.1) is 0 Å². The summed E-state index contributed by atoms with van der Waals surface area (Å²) in [5, 5.41) is 8.09. The van der Waals surface area contributed by atoms with Crippen molar-refractivity contribution in [1.82, 2.24) is 20.6 Å². The van der Waals surface area contributed by atoms with Gasteiger partial charge in [-0.3, -0.25) is 9.78 Å². The van der Waals surface area contributed by atoms with Crippen LogP contribution in [-0.4, -0.2) is 35.5 Å². The number of aromatic amines is 1. The number of fused-ring (bicyclic) bond motifs is 1. The smallest absolute Gasteiger partial charge is 0.221 e. The molecule has 192 valence electrons. The van der Waals surface area contributed by atoms with Crippen LogP contribution in [0.1, 0.15) is 62.3 Å². The molecule has 4 aromatic rings. The van der Waals surface area contributed by atoms with Gasteiger partial charge in [-0.2, -0.15) is 0 Å². The van der Waals surface area contributed by atoms with Crippen molar-refractivity contribution in [3.05, 3.63) is 102 Å². The second-order valence-electron chi connectivity index (χ2n) is 10.7. The molecular weight excluding hydrogens is 456 g/mol. The molecule has 1 amide bonds. The molecule has 0 spiro atoms. The molecule has 1 atom stereocenters. The third kappa shape index (κ3) is 5.47. The number of aromatic nitrogens is 2. The number of carbonyl (C=O) groups excluding carboxylic acids is 1. The number of pyridine rings is 1. The van der Waals surface area contributed by atoms with Gasteiger partial charge in [-0.05, 0) is 42.2 Å². The van der Waals surface area contributed by atoms with Gasteiger partial charge in [-0.15, -0.1) is 0 Å². The molecule has 1 unspecified atom stereocenters. The lowest BCUT2D eigenvalue weighted by Gasteiger charge is -2.37. The van der Waals surface area contributed by atoms with Crippen LogP contribution in [0.5, 0.6) is 0 Å². The van der Waals surface area contributed by atoms with E-state index >= 15 is 0 Å². The number of amides is 1. The number of benzene rings is 2. The normalized spacial score (nSPS) is 16.8. The Morgan fingerprint density at radius 1 is 0.973 bits per heavy atom. The maximum Gasteiger partial charge on any atom is 0.221 e. The van der Waals surface area contributed by atoms with Crippen LogP contribution < -0.4 is 10.6 Å². The van der Waals surface area contributed by atoms with Gasteiger partial charge in [-0.1, -0.05) is 80.8 Å². The maximum atomic E-state index is 12.9. The third-order valence-corrected chi connectivity index (χ3v) is 8.24. The van der Waals surface area contributed by atoms with Crippen LogP contribution in [0.3, 0.4) is 0 Å². The van der Waals surface area contributed by atoms with Crippen molar-refractivity contribution < 1.29 is 4.79 Å². The topological polar surface area (TPSA) is 69.8 Å². The molecule has 1 saturated carbocycles. The van der Waals surface area contributed by atoms with Crippen molar-refractivity contribution in [2.45, 2.75) is 56.3 Å². The minimum absolute atomic E-state index is 0.0379. The number of rotatable bonds is 10. The average Bonchev–Trinajstić information content (AvgIpc) is 3.41. The minimum Gasteiger partial charge on any atom is -0.361 e. The Labute approximate surface area is 220 Å². The fraction of sp³-hybridized carbons (Fsp3) is 0.375. The van der Waals surface area contributed by atoms with Crippen molar-refractivity contribution in [2.75, 3.05) is 19.6 Å². The van der Waals surface area contributed by atoms with Crippen molar-refractivity contribution >= 4 is 16.8 Å². The summed E-state index contributed by atoms with van der Waals surface area (Å²) in [6.07, 6.45) is 10.3. The Bertz CT molecular complexity index is 1290. The summed E-state index contributed by atoms with van der Waals surface area (Å²) in [7, 11) is 0. The van der Waals surface area contributed by atoms with E-state index < -0.39 is 0 Å². The highest BCUT2D eigenvalue weighted by Gasteiger charge is 2.35. The van der Waals surface area contributed by atoms with Gasteiger partial charge in [0.25, 0.3) is 0 Å². The van der Waals surface area contributed by atoms with E-state index in [-0.39, 0.29) is 16.7 Å². The second-order valence-corrected chi connectivity index (χ2v) is 10.7. The zero-order valence-corrected chi connectivity index (χ0v) is 21.8. The zero-order valence-electron chi connectivity index (χ0n) is 21.8. The van der Waals surface area contributed by atoms with Crippen molar-refractivity contribution in [3.8, 4) is 0 Å². The predicted molar refractivity (Wildman–Crippen MR) is 151 cm³/mol. The highest BCUT2D eigenvalue weighted by Crippen LogP contribution is 2.38. The van der Waals surface area contributed by atoms with Gasteiger partial charge >= 0.3 is 0 Å². The lowest BCUT2D eigenvalue weighted by atomic mass is 9.71. The minimum atomic E-state index is -0.234. The highest BCUT2D eigenvalue weighted by molar-refractivity contribution is 5.85. The number of H-pyrrole nitrogens is 1. The summed E-state index contributed by atoms with van der Waals surface area (Å²) < 4.78 is 0. The molecule has 5 rings (SSSR count). The Hall–Kier alpha value is -3.44. The number of carbonyl (C=O) groups is 1. The molecule has 2 aromatic carbocycles. The van der Waals surface area contributed by atoms with Crippen LogP contribution in [-0.2, 0) is 15.6 Å². The van der Waals surface area contributed by atoms with E-state index in [0.717, 1.165) is 30.6 Å². The van der Waals surface area contributed by atoms with Crippen LogP contribution in [0.4, 0.5) is 0 Å². The van der Waals surface area contributed by atoms with Gasteiger partial charge in [0.15, 0.2) is 0 Å². The summed E-state index contributed by atoms with van der Waals surface area (Å²) in [6, 6.07) is 25.2. The van der Waals surface area contributed by atoms with Crippen molar-refractivity contribution in [2.24, 2.45) is 0 Å². The first-order chi connectivity index (χ1) is 18.1. The van der Waals surface area contributed by atoms with Crippen LogP contribution in [0.15, 0.2) is 85.2 Å². The Morgan fingerprint density at radius 2 is 1.73 bits per heavy atom. The van der Waals surface area contributed by atoms with E-state index in [1.54, 1.807) is 0 Å². The SMILES string of the molecule is CC(CNCCC(=O)NCC1(c2ccccn2)CCCCC1)(c1ccccc1)c1c[nH]c2ccccc12. The molecule has 0 aliphatic heterocycles. The van der Waals surface area contributed by atoms with Crippen molar-refractivity contribution in [1.29, 1.82) is 0 Å². The summed E-state index contributed by atoms with van der Waals surface area (Å²) in [5.41, 5.74) is 4.51. The summed E-state index contributed by atoms with van der Waals surface area (Å²) in [6.45, 7) is 4.32. The molecule has 0 radical (unpaired) electrons. The monoisotopic (exact) mass is 494 g/mol. The Morgan fingerprint density at radius 3 is 2.51 bits per heavy atom.